The molecule has 56 valence electrons. The lowest BCUT2D eigenvalue weighted by Gasteiger charge is -1.94. The molecule has 0 aliphatic heterocycles. The standard InChI is InChI=1S/C7H6ClN3/c8-4-6-1-2-11-5-9-10-7(11)3-6/h1-3,5H,4H2. The zero-order chi connectivity index (χ0) is 7.68. The molecule has 0 saturated heterocycles. The number of hydrogen-bond acceptors (Lipinski definition) is 2. The number of hydrogen-bond donors (Lipinski definition) is 0. The van der Waals surface area contributed by atoms with Gasteiger partial charge in [-0.05, 0) is 17.7 Å². The first-order valence-electron chi connectivity index (χ1n) is 3.24. The summed E-state index contributed by atoms with van der Waals surface area (Å²) >= 11 is 5.64. The highest BCUT2D eigenvalue weighted by molar-refractivity contribution is 6.17. The molecule has 2 rings (SSSR count). The molecule has 2 aromatic heterocycles. The van der Waals surface area contributed by atoms with E-state index in [1.807, 2.05) is 22.7 Å². The van der Waals surface area contributed by atoms with Gasteiger partial charge in [-0.2, -0.15) is 0 Å². The zero-order valence-electron chi connectivity index (χ0n) is 5.74. The lowest BCUT2D eigenvalue weighted by Crippen LogP contribution is -1.84. The normalized spacial score (nSPS) is 10.6. The van der Waals surface area contributed by atoms with Crippen LogP contribution in [0.1, 0.15) is 5.56 Å². The average Bonchev–Trinajstić information content (AvgIpc) is 2.50. The highest BCUT2D eigenvalue weighted by atomic mass is 35.5. The Morgan fingerprint density at radius 2 is 2.45 bits per heavy atom. The fourth-order valence-corrected chi connectivity index (χ4v) is 1.11. The molecule has 2 heterocycles. The third-order valence-electron chi connectivity index (χ3n) is 1.52. The third-order valence-corrected chi connectivity index (χ3v) is 1.83. The number of fused-ring (bicyclic) bond motifs is 1. The van der Waals surface area contributed by atoms with Crippen molar-refractivity contribution in [1.29, 1.82) is 0 Å². The zero-order valence-corrected chi connectivity index (χ0v) is 6.49. The Balaban J connectivity index is 2.67. The fourth-order valence-electron chi connectivity index (χ4n) is 0.943. The highest BCUT2D eigenvalue weighted by Gasteiger charge is 1.95. The van der Waals surface area contributed by atoms with Gasteiger partial charge in [0.15, 0.2) is 5.65 Å². The van der Waals surface area contributed by atoms with Crippen LogP contribution in [-0.2, 0) is 5.88 Å². The van der Waals surface area contributed by atoms with Crippen molar-refractivity contribution in [1.82, 2.24) is 14.6 Å². The van der Waals surface area contributed by atoms with Gasteiger partial charge in [0.2, 0.25) is 0 Å². The van der Waals surface area contributed by atoms with Crippen molar-refractivity contribution in [3.05, 3.63) is 30.2 Å². The van der Waals surface area contributed by atoms with Crippen LogP contribution in [0.4, 0.5) is 0 Å². The molecule has 0 fully saturated rings. The quantitative estimate of drug-likeness (QED) is 0.602. The van der Waals surface area contributed by atoms with Gasteiger partial charge >= 0.3 is 0 Å². The van der Waals surface area contributed by atoms with Crippen molar-refractivity contribution in [2.75, 3.05) is 0 Å². The molecule has 0 bridgehead atoms. The number of nitrogens with zero attached hydrogens (tertiary/aromatic N) is 3. The number of aromatic nitrogens is 3. The summed E-state index contributed by atoms with van der Waals surface area (Å²) in [6.45, 7) is 0. The van der Waals surface area contributed by atoms with Gasteiger partial charge in [0, 0.05) is 12.1 Å². The van der Waals surface area contributed by atoms with E-state index in [1.54, 1.807) is 6.33 Å². The minimum atomic E-state index is 0.517. The van der Waals surface area contributed by atoms with Crippen LogP contribution in [0.15, 0.2) is 24.7 Å². The summed E-state index contributed by atoms with van der Waals surface area (Å²) in [5.41, 5.74) is 1.90. The predicted octanol–water partition coefficient (Wildman–Crippen LogP) is 1.47. The molecule has 3 nitrogen and oxygen atoms in total. The summed E-state index contributed by atoms with van der Waals surface area (Å²) in [6, 6.07) is 3.86. The van der Waals surface area contributed by atoms with Gasteiger partial charge in [-0.1, -0.05) is 0 Å². The molecule has 0 spiro atoms. The summed E-state index contributed by atoms with van der Waals surface area (Å²) in [5.74, 6) is 0.517. The van der Waals surface area contributed by atoms with E-state index in [2.05, 4.69) is 10.2 Å². The molecule has 0 aliphatic rings. The number of rotatable bonds is 1. The van der Waals surface area contributed by atoms with Gasteiger partial charge in [-0.3, -0.25) is 4.40 Å². The lowest BCUT2D eigenvalue weighted by molar-refractivity contribution is 1.10. The van der Waals surface area contributed by atoms with Crippen LogP contribution < -0.4 is 0 Å². The Hall–Kier alpha value is -1.09. The first kappa shape index (κ1) is 6.61. The van der Waals surface area contributed by atoms with Crippen LogP contribution >= 0.6 is 11.6 Å². The van der Waals surface area contributed by atoms with Crippen molar-refractivity contribution in [2.45, 2.75) is 5.88 Å². The molecule has 11 heavy (non-hydrogen) atoms. The Bertz CT molecular complexity index is 368. The monoisotopic (exact) mass is 167 g/mol. The van der Waals surface area contributed by atoms with Gasteiger partial charge in [0.1, 0.15) is 6.33 Å². The maximum Gasteiger partial charge on any atom is 0.160 e. The second-order valence-corrected chi connectivity index (χ2v) is 2.53. The summed E-state index contributed by atoms with van der Waals surface area (Å²) in [4.78, 5) is 0. The van der Waals surface area contributed by atoms with Crippen LogP contribution in [0.3, 0.4) is 0 Å². The molecule has 0 saturated carbocycles. The molecular weight excluding hydrogens is 162 g/mol. The van der Waals surface area contributed by atoms with Crippen molar-refractivity contribution < 1.29 is 0 Å². The Labute approximate surface area is 68.6 Å². The van der Waals surface area contributed by atoms with Gasteiger partial charge < -0.3 is 0 Å². The molecule has 4 heteroatoms. The third kappa shape index (κ3) is 1.07. The van der Waals surface area contributed by atoms with E-state index in [1.165, 1.54) is 0 Å². The second kappa shape index (κ2) is 2.51. The molecule has 0 atom stereocenters. The van der Waals surface area contributed by atoms with E-state index < -0.39 is 0 Å². The van der Waals surface area contributed by atoms with Gasteiger partial charge in [-0.15, -0.1) is 21.8 Å². The van der Waals surface area contributed by atoms with Crippen molar-refractivity contribution in [3.8, 4) is 0 Å². The first-order valence-corrected chi connectivity index (χ1v) is 3.78. The van der Waals surface area contributed by atoms with E-state index in [4.69, 9.17) is 11.6 Å². The lowest BCUT2D eigenvalue weighted by atomic mass is 10.3. The summed E-state index contributed by atoms with van der Waals surface area (Å²) < 4.78 is 1.84. The second-order valence-electron chi connectivity index (χ2n) is 2.27. The van der Waals surface area contributed by atoms with Crippen molar-refractivity contribution in [3.63, 3.8) is 0 Å². The van der Waals surface area contributed by atoms with E-state index >= 15 is 0 Å². The molecule has 0 amide bonds. The molecule has 2 aromatic rings. The van der Waals surface area contributed by atoms with Crippen LogP contribution in [0.25, 0.3) is 5.65 Å². The molecule has 0 unspecified atom stereocenters. The molecule has 0 aromatic carbocycles. The van der Waals surface area contributed by atoms with E-state index in [-0.39, 0.29) is 0 Å². The highest BCUT2D eigenvalue weighted by Crippen LogP contribution is 2.06. The Kier molecular flexibility index (Phi) is 1.51. The topological polar surface area (TPSA) is 30.2 Å². The van der Waals surface area contributed by atoms with E-state index in [9.17, 15) is 0 Å². The number of pyridine rings is 1. The van der Waals surface area contributed by atoms with Crippen molar-refractivity contribution in [2.24, 2.45) is 0 Å². The van der Waals surface area contributed by atoms with Crippen LogP contribution in [0, 0.1) is 0 Å². The number of halogens is 1. The molecule has 0 N–H and O–H groups in total. The minimum Gasteiger partial charge on any atom is -0.289 e. The van der Waals surface area contributed by atoms with Crippen molar-refractivity contribution >= 4 is 17.2 Å². The fraction of sp³-hybridized carbons (Fsp3) is 0.143. The van der Waals surface area contributed by atoms with Gasteiger partial charge in [0.25, 0.3) is 0 Å². The first-order chi connectivity index (χ1) is 5.40. The Morgan fingerprint density at radius 3 is 3.27 bits per heavy atom. The van der Waals surface area contributed by atoms with E-state index in [0.717, 1.165) is 11.2 Å². The maximum absolute atomic E-state index is 5.64. The summed E-state index contributed by atoms with van der Waals surface area (Å²) in [6.07, 6.45) is 3.56. The average molecular weight is 168 g/mol. The Morgan fingerprint density at radius 1 is 1.55 bits per heavy atom. The van der Waals surface area contributed by atoms with Crippen LogP contribution in [-0.4, -0.2) is 14.6 Å². The SMILES string of the molecule is ClCc1ccn2cnnc2c1. The van der Waals surface area contributed by atoms with Gasteiger partial charge in [-0.25, -0.2) is 0 Å². The largest absolute Gasteiger partial charge is 0.289 e. The predicted molar refractivity (Wildman–Crippen MR) is 42.5 cm³/mol. The summed E-state index contributed by atoms with van der Waals surface area (Å²) in [5, 5.41) is 7.63. The minimum absolute atomic E-state index is 0.517. The summed E-state index contributed by atoms with van der Waals surface area (Å²) in [7, 11) is 0. The van der Waals surface area contributed by atoms with E-state index in [0.29, 0.717) is 5.88 Å². The molecule has 0 radical (unpaired) electrons. The maximum atomic E-state index is 5.64. The van der Waals surface area contributed by atoms with Gasteiger partial charge in [0.05, 0.1) is 0 Å². The molecule has 0 aliphatic carbocycles. The van der Waals surface area contributed by atoms with Crippen LogP contribution in [0.5, 0.6) is 0 Å². The molecular formula is C7H6ClN3. The number of alkyl halides is 1. The van der Waals surface area contributed by atoms with Crippen LogP contribution in [0.2, 0.25) is 0 Å². The smallest absolute Gasteiger partial charge is 0.160 e.